The Kier molecular flexibility index (Phi) is 12.4. The summed E-state index contributed by atoms with van der Waals surface area (Å²) in [5.41, 5.74) is 7.54. The second-order valence-electron chi connectivity index (χ2n) is 4.06. The van der Waals surface area contributed by atoms with E-state index < -0.39 is 0 Å². The molecule has 0 aliphatic heterocycles. The fourth-order valence-corrected chi connectivity index (χ4v) is 1.53. The van der Waals surface area contributed by atoms with Crippen molar-refractivity contribution < 1.29 is 4.74 Å². The van der Waals surface area contributed by atoms with E-state index in [1.165, 1.54) is 0 Å². The van der Waals surface area contributed by atoms with Gasteiger partial charge in [0.25, 0.3) is 0 Å². The Balaban J connectivity index is 0.000000360. The van der Waals surface area contributed by atoms with Gasteiger partial charge in [0, 0.05) is 31.5 Å². The molecule has 4 nitrogen and oxygen atoms in total. The first-order valence-corrected chi connectivity index (χ1v) is 7.61. The number of nitrogens with two attached hydrogens (primary N) is 1. The van der Waals surface area contributed by atoms with Gasteiger partial charge in [-0.15, -0.1) is 0 Å². The van der Waals surface area contributed by atoms with Crippen LogP contribution in [-0.4, -0.2) is 27.2 Å². The van der Waals surface area contributed by atoms with E-state index in [0.29, 0.717) is 6.54 Å². The van der Waals surface area contributed by atoms with E-state index in [2.05, 4.69) is 10.6 Å². The minimum atomic E-state index is 0.675. The van der Waals surface area contributed by atoms with Crippen molar-refractivity contribution in [1.82, 2.24) is 0 Å². The number of nitrogens with one attached hydrogen (secondary N) is 2. The molecule has 0 heterocycles. The van der Waals surface area contributed by atoms with Gasteiger partial charge < -0.3 is 21.1 Å². The first-order valence-electron chi connectivity index (χ1n) is 7.61. The molecule has 0 bridgehead atoms. The molecule has 2 aromatic rings. The van der Waals surface area contributed by atoms with Crippen molar-refractivity contribution in [2.24, 2.45) is 5.73 Å². The predicted octanol–water partition coefficient (Wildman–Crippen LogP) is 3.82. The number of benzene rings is 2. The molecule has 0 radical (unpaired) electrons. The molecule has 122 valence electrons. The summed E-state index contributed by atoms with van der Waals surface area (Å²) >= 11 is 0. The van der Waals surface area contributed by atoms with E-state index in [0.717, 1.165) is 23.7 Å². The van der Waals surface area contributed by atoms with Gasteiger partial charge in [-0.25, -0.2) is 0 Å². The fraction of sp³-hybridized carbons (Fsp3) is 0.333. The largest absolute Gasteiger partial charge is 0.497 e. The average Bonchev–Trinajstić information content (AvgIpc) is 2.63. The van der Waals surface area contributed by atoms with Crippen molar-refractivity contribution in [3.05, 3.63) is 54.6 Å². The lowest BCUT2D eigenvalue weighted by Crippen LogP contribution is -2.12. The zero-order valence-electron chi connectivity index (χ0n) is 14.1. The molecule has 2 rings (SSSR count). The molecule has 0 amide bonds. The standard InChI is InChI=1S/C8H12N2.C8H11NO.C2H6/c9-6-7-10-8-4-2-1-3-5-8;1-9-7-3-5-8(10-2)6-4-7;1-2/h1-5,10H,6-7,9H2;3-6,9H,1-2H3;1-2H3. The molecule has 0 fully saturated rings. The summed E-state index contributed by atoms with van der Waals surface area (Å²) in [5, 5.41) is 6.19. The van der Waals surface area contributed by atoms with E-state index in [-0.39, 0.29) is 0 Å². The quantitative estimate of drug-likeness (QED) is 0.786. The topological polar surface area (TPSA) is 59.3 Å². The molecule has 0 unspecified atom stereocenters. The Morgan fingerprint density at radius 3 is 1.95 bits per heavy atom. The van der Waals surface area contributed by atoms with Gasteiger partial charge in [-0.1, -0.05) is 32.0 Å². The van der Waals surface area contributed by atoms with E-state index in [4.69, 9.17) is 10.5 Å². The highest BCUT2D eigenvalue weighted by atomic mass is 16.5. The monoisotopic (exact) mass is 303 g/mol. The third kappa shape index (κ3) is 8.87. The van der Waals surface area contributed by atoms with Crippen LogP contribution in [-0.2, 0) is 0 Å². The van der Waals surface area contributed by atoms with E-state index in [9.17, 15) is 0 Å². The van der Waals surface area contributed by atoms with Gasteiger partial charge in [0.15, 0.2) is 0 Å². The normalized spacial score (nSPS) is 8.59. The van der Waals surface area contributed by atoms with Gasteiger partial charge >= 0.3 is 0 Å². The van der Waals surface area contributed by atoms with Crippen LogP contribution in [0.4, 0.5) is 11.4 Å². The highest BCUT2D eigenvalue weighted by Crippen LogP contribution is 2.13. The first kappa shape index (κ1) is 19.8. The van der Waals surface area contributed by atoms with Gasteiger partial charge in [-0.3, -0.25) is 0 Å². The van der Waals surface area contributed by atoms with Crippen LogP contribution in [0.15, 0.2) is 54.6 Å². The van der Waals surface area contributed by atoms with E-state index in [1.54, 1.807) is 7.11 Å². The zero-order valence-corrected chi connectivity index (χ0v) is 14.1. The van der Waals surface area contributed by atoms with Gasteiger partial charge in [0.2, 0.25) is 0 Å². The number of para-hydroxylation sites is 1. The van der Waals surface area contributed by atoms with Crippen molar-refractivity contribution in [3.8, 4) is 5.75 Å². The number of ether oxygens (including phenoxy) is 1. The van der Waals surface area contributed by atoms with Crippen molar-refractivity contribution in [2.45, 2.75) is 13.8 Å². The summed E-state index contributed by atoms with van der Waals surface area (Å²) in [6.07, 6.45) is 0. The second-order valence-corrected chi connectivity index (χ2v) is 4.06. The maximum Gasteiger partial charge on any atom is 0.119 e. The van der Waals surface area contributed by atoms with Gasteiger partial charge in [0.1, 0.15) is 5.75 Å². The molecule has 0 spiro atoms. The van der Waals surface area contributed by atoms with Crippen LogP contribution in [0, 0.1) is 0 Å². The maximum absolute atomic E-state index is 5.31. The molecule has 0 saturated heterocycles. The van der Waals surface area contributed by atoms with Crippen LogP contribution in [0.25, 0.3) is 0 Å². The summed E-state index contributed by atoms with van der Waals surface area (Å²) in [6.45, 7) is 5.51. The molecular formula is C18H29N3O. The Hall–Kier alpha value is -2.20. The minimum absolute atomic E-state index is 0.675. The van der Waals surface area contributed by atoms with Crippen molar-refractivity contribution in [2.75, 3.05) is 37.9 Å². The van der Waals surface area contributed by atoms with Crippen LogP contribution in [0.3, 0.4) is 0 Å². The summed E-state index contributed by atoms with van der Waals surface area (Å²) in [4.78, 5) is 0. The minimum Gasteiger partial charge on any atom is -0.497 e. The fourth-order valence-electron chi connectivity index (χ4n) is 1.53. The number of methoxy groups -OCH3 is 1. The van der Waals surface area contributed by atoms with Crippen LogP contribution in [0.2, 0.25) is 0 Å². The van der Waals surface area contributed by atoms with Gasteiger partial charge in [0.05, 0.1) is 7.11 Å². The lowest BCUT2D eigenvalue weighted by Gasteiger charge is -2.01. The smallest absolute Gasteiger partial charge is 0.119 e. The molecule has 4 heteroatoms. The van der Waals surface area contributed by atoms with Crippen molar-refractivity contribution >= 4 is 11.4 Å². The highest BCUT2D eigenvalue weighted by Gasteiger charge is 1.88. The third-order valence-electron chi connectivity index (χ3n) is 2.63. The Labute approximate surface area is 134 Å². The molecule has 0 aliphatic rings. The maximum atomic E-state index is 5.31. The molecule has 0 aromatic heterocycles. The molecule has 0 atom stereocenters. The Morgan fingerprint density at radius 2 is 1.50 bits per heavy atom. The van der Waals surface area contributed by atoms with Crippen LogP contribution in [0.1, 0.15) is 13.8 Å². The number of hydrogen-bond acceptors (Lipinski definition) is 4. The Morgan fingerprint density at radius 1 is 0.909 bits per heavy atom. The van der Waals surface area contributed by atoms with Crippen molar-refractivity contribution in [1.29, 1.82) is 0 Å². The van der Waals surface area contributed by atoms with E-state index in [1.807, 2.05) is 75.5 Å². The summed E-state index contributed by atoms with van der Waals surface area (Å²) < 4.78 is 4.99. The lowest BCUT2D eigenvalue weighted by atomic mass is 10.3. The highest BCUT2D eigenvalue weighted by molar-refractivity contribution is 5.45. The number of hydrogen-bond donors (Lipinski definition) is 3. The summed E-state index contributed by atoms with van der Waals surface area (Å²) in [6, 6.07) is 17.8. The molecular weight excluding hydrogens is 274 g/mol. The van der Waals surface area contributed by atoms with Crippen LogP contribution < -0.4 is 21.1 Å². The SMILES string of the molecule is CC.CNc1ccc(OC)cc1.NCCNc1ccccc1. The predicted molar refractivity (Wildman–Crippen MR) is 97.9 cm³/mol. The Bertz CT molecular complexity index is 435. The average molecular weight is 303 g/mol. The molecule has 0 aliphatic carbocycles. The third-order valence-corrected chi connectivity index (χ3v) is 2.63. The van der Waals surface area contributed by atoms with Crippen LogP contribution >= 0.6 is 0 Å². The summed E-state index contributed by atoms with van der Waals surface area (Å²) in [7, 11) is 3.55. The van der Waals surface area contributed by atoms with Crippen molar-refractivity contribution in [3.63, 3.8) is 0 Å². The van der Waals surface area contributed by atoms with E-state index >= 15 is 0 Å². The lowest BCUT2D eigenvalue weighted by molar-refractivity contribution is 0.415. The number of rotatable bonds is 5. The second kappa shape index (κ2) is 13.8. The molecule has 2 aromatic carbocycles. The number of anilines is 2. The molecule has 22 heavy (non-hydrogen) atoms. The molecule has 4 N–H and O–H groups in total. The van der Waals surface area contributed by atoms with Crippen LogP contribution in [0.5, 0.6) is 5.75 Å². The summed E-state index contributed by atoms with van der Waals surface area (Å²) in [5.74, 6) is 0.888. The van der Waals surface area contributed by atoms with Gasteiger partial charge in [-0.2, -0.15) is 0 Å². The first-order chi connectivity index (χ1) is 10.8. The molecule has 0 saturated carbocycles. The van der Waals surface area contributed by atoms with Gasteiger partial charge in [-0.05, 0) is 36.4 Å². The zero-order chi connectivity index (χ0) is 16.6.